The summed E-state index contributed by atoms with van der Waals surface area (Å²) < 4.78 is 36.8. The first-order valence-corrected chi connectivity index (χ1v) is 3.69. The molecule has 0 amide bonds. The van der Waals surface area contributed by atoms with Crippen LogP contribution >= 0.6 is 0 Å². The first-order valence-electron chi connectivity index (χ1n) is 3.69. The molecule has 0 aromatic carbocycles. The predicted octanol–water partition coefficient (Wildman–Crippen LogP) is 1.61. The summed E-state index contributed by atoms with van der Waals surface area (Å²) in [6, 6.07) is 0. The lowest BCUT2D eigenvalue weighted by molar-refractivity contribution is -0.387. The number of aromatic nitrogens is 1. The van der Waals surface area contributed by atoms with E-state index in [1.807, 2.05) is 0 Å². The van der Waals surface area contributed by atoms with Crippen molar-refractivity contribution < 1.29 is 18.1 Å². The third-order valence-electron chi connectivity index (χ3n) is 1.81. The van der Waals surface area contributed by atoms with E-state index in [1.165, 1.54) is 0 Å². The standard InChI is InChI=1S/C7H5F3N2O3/c1-3-4(7(8,9)10)2-11-6(13)5(3)12(14)15/h2H,1H3,(H,11,13). The van der Waals surface area contributed by atoms with Gasteiger partial charge in [0.25, 0.3) is 0 Å². The lowest BCUT2D eigenvalue weighted by Crippen LogP contribution is -2.18. The predicted molar refractivity (Wildman–Crippen MR) is 43.5 cm³/mol. The second-order valence-electron chi connectivity index (χ2n) is 2.76. The highest BCUT2D eigenvalue weighted by atomic mass is 19.4. The van der Waals surface area contributed by atoms with E-state index < -0.39 is 33.5 Å². The van der Waals surface area contributed by atoms with Gasteiger partial charge in [0.15, 0.2) is 0 Å². The number of H-pyrrole nitrogens is 1. The normalized spacial score (nSPS) is 11.5. The number of rotatable bonds is 1. The van der Waals surface area contributed by atoms with E-state index in [4.69, 9.17) is 0 Å². The zero-order valence-corrected chi connectivity index (χ0v) is 7.38. The molecule has 0 saturated heterocycles. The summed E-state index contributed by atoms with van der Waals surface area (Å²) in [6.07, 6.45) is -4.30. The zero-order chi connectivity index (χ0) is 11.8. The van der Waals surface area contributed by atoms with Crippen molar-refractivity contribution in [3.63, 3.8) is 0 Å². The summed E-state index contributed by atoms with van der Waals surface area (Å²) in [5.74, 6) is 0. The Balaban J connectivity index is 3.56. The highest BCUT2D eigenvalue weighted by Gasteiger charge is 2.36. The van der Waals surface area contributed by atoms with Crippen molar-refractivity contribution in [1.82, 2.24) is 4.98 Å². The van der Waals surface area contributed by atoms with Gasteiger partial charge >= 0.3 is 17.4 Å². The molecule has 0 aliphatic rings. The van der Waals surface area contributed by atoms with Gasteiger partial charge in [0.05, 0.1) is 10.5 Å². The highest BCUT2D eigenvalue weighted by Crippen LogP contribution is 2.32. The molecule has 0 spiro atoms. The molecule has 82 valence electrons. The molecule has 1 heterocycles. The Morgan fingerprint density at radius 2 is 2.00 bits per heavy atom. The molecule has 0 aliphatic heterocycles. The molecule has 0 atom stereocenters. The first kappa shape index (κ1) is 11.2. The van der Waals surface area contributed by atoms with Crippen LogP contribution in [0.5, 0.6) is 0 Å². The average molecular weight is 222 g/mol. The number of alkyl halides is 3. The molecular weight excluding hydrogens is 217 g/mol. The van der Waals surface area contributed by atoms with Gasteiger partial charge in [-0.25, -0.2) is 0 Å². The molecule has 1 aromatic heterocycles. The van der Waals surface area contributed by atoms with Crippen LogP contribution in [0.2, 0.25) is 0 Å². The third kappa shape index (κ3) is 1.97. The van der Waals surface area contributed by atoms with E-state index >= 15 is 0 Å². The Labute approximate surface area is 80.7 Å². The van der Waals surface area contributed by atoms with Crippen LogP contribution in [0.1, 0.15) is 11.1 Å². The van der Waals surface area contributed by atoms with Crippen molar-refractivity contribution in [2.45, 2.75) is 13.1 Å². The van der Waals surface area contributed by atoms with Crippen molar-refractivity contribution >= 4 is 5.69 Å². The number of nitrogens with zero attached hydrogens (tertiary/aromatic N) is 1. The Morgan fingerprint density at radius 3 is 2.40 bits per heavy atom. The summed E-state index contributed by atoms with van der Waals surface area (Å²) in [6.45, 7) is 0.885. The molecule has 1 rings (SSSR count). The van der Waals surface area contributed by atoms with E-state index in [9.17, 15) is 28.1 Å². The topological polar surface area (TPSA) is 76.0 Å². The molecule has 0 fully saturated rings. The van der Waals surface area contributed by atoms with Crippen LogP contribution in [0.4, 0.5) is 18.9 Å². The Bertz CT molecular complexity index is 464. The van der Waals surface area contributed by atoms with Crippen LogP contribution in [0.15, 0.2) is 11.0 Å². The molecule has 0 unspecified atom stereocenters. The SMILES string of the molecule is Cc1c(C(F)(F)F)c[nH]c(=O)c1[N+](=O)[O-]. The van der Waals surface area contributed by atoms with E-state index in [-0.39, 0.29) is 0 Å². The maximum atomic E-state index is 12.3. The number of halogens is 3. The van der Waals surface area contributed by atoms with Gasteiger partial charge in [-0.2, -0.15) is 13.2 Å². The van der Waals surface area contributed by atoms with Crippen molar-refractivity contribution in [3.05, 3.63) is 37.8 Å². The van der Waals surface area contributed by atoms with Crippen LogP contribution in [0.25, 0.3) is 0 Å². The second-order valence-corrected chi connectivity index (χ2v) is 2.76. The van der Waals surface area contributed by atoms with Gasteiger partial charge in [-0.3, -0.25) is 14.9 Å². The lowest BCUT2D eigenvalue weighted by Gasteiger charge is -2.08. The van der Waals surface area contributed by atoms with Crippen molar-refractivity contribution in [3.8, 4) is 0 Å². The summed E-state index contributed by atoms with van der Waals surface area (Å²) in [5, 5.41) is 10.3. The molecule has 1 aromatic rings. The van der Waals surface area contributed by atoms with Crippen molar-refractivity contribution in [1.29, 1.82) is 0 Å². The van der Waals surface area contributed by atoms with Crippen LogP contribution in [-0.2, 0) is 6.18 Å². The summed E-state index contributed by atoms with van der Waals surface area (Å²) in [7, 11) is 0. The van der Waals surface area contributed by atoms with Gasteiger partial charge in [0.1, 0.15) is 0 Å². The van der Waals surface area contributed by atoms with Gasteiger partial charge in [-0.05, 0) is 6.92 Å². The molecule has 0 saturated carbocycles. The first-order chi connectivity index (χ1) is 6.75. The zero-order valence-electron chi connectivity index (χ0n) is 7.38. The minimum Gasteiger partial charge on any atom is -0.323 e. The lowest BCUT2D eigenvalue weighted by atomic mass is 10.1. The number of hydrogen-bond acceptors (Lipinski definition) is 3. The largest absolute Gasteiger partial charge is 0.418 e. The van der Waals surface area contributed by atoms with Gasteiger partial charge in [-0.1, -0.05) is 0 Å². The van der Waals surface area contributed by atoms with Crippen LogP contribution < -0.4 is 5.56 Å². The van der Waals surface area contributed by atoms with Crippen LogP contribution in [-0.4, -0.2) is 9.91 Å². The highest BCUT2D eigenvalue weighted by molar-refractivity contribution is 5.42. The van der Waals surface area contributed by atoms with E-state index in [0.717, 1.165) is 6.92 Å². The summed E-state index contributed by atoms with van der Waals surface area (Å²) in [4.78, 5) is 21.8. The third-order valence-corrected chi connectivity index (χ3v) is 1.81. The molecule has 0 radical (unpaired) electrons. The molecule has 1 N–H and O–H groups in total. The number of nitrogens with one attached hydrogen (secondary N) is 1. The fourth-order valence-electron chi connectivity index (χ4n) is 1.13. The fraction of sp³-hybridized carbons (Fsp3) is 0.286. The van der Waals surface area contributed by atoms with Crippen molar-refractivity contribution in [2.75, 3.05) is 0 Å². The molecule has 0 aliphatic carbocycles. The molecule has 15 heavy (non-hydrogen) atoms. The van der Waals surface area contributed by atoms with Crippen LogP contribution in [0.3, 0.4) is 0 Å². The van der Waals surface area contributed by atoms with Gasteiger partial charge < -0.3 is 4.98 Å². The maximum Gasteiger partial charge on any atom is 0.418 e. The van der Waals surface area contributed by atoms with E-state index in [2.05, 4.69) is 0 Å². The Morgan fingerprint density at radius 1 is 1.47 bits per heavy atom. The minimum atomic E-state index is -4.72. The summed E-state index contributed by atoms with van der Waals surface area (Å²) >= 11 is 0. The molecule has 0 bridgehead atoms. The average Bonchev–Trinajstić information content (AvgIpc) is 2.00. The monoisotopic (exact) mass is 222 g/mol. The Hall–Kier alpha value is -1.86. The molecule has 5 nitrogen and oxygen atoms in total. The van der Waals surface area contributed by atoms with Gasteiger partial charge in [0.2, 0.25) is 0 Å². The quantitative estimate of drug-likeness (QED) is 0.579. The Kier molecular flexibility index (Phi) is 2.52. The fourth-order valence-corrected chi connectivity index (χ4v) is 1.13. The van der Waals surface area contributed by atoms with Gasteiger partial charge in [-0.15, -0.1) is 0 Å². The summed E-state index contributed by atoms with van der Waals surface area (Å²) in [5.41, 5.74) is -4.12. The number of nitro groups is 1. The van der Waals surface area contributed by atoms with Crippen molar-refractivity contribution in [2.24, 2.45) is 0 Å². The number of hydrogen-bond donors (Lipinski definition) is 1. The number of aromatic amines is 1. The molecule has 8 heteroatoms. The number of pyridine rings is 1. The smallest absolute Gasteiger partial charge is 0.323 e. The van der Waals surface area contributed by atoms with E-state index in [1.54, 1.807) is 4.98 Å². The van der Waals surface area contributed by atoms with Gasteiger partial charge in [0, 0.05) is 11.8 Å². The molecular formula is C7H5F3N2O3. The van der Waals surface area contributed by atoms with E-state index in [0.29, 0.717) is 6.20 Å². The minimum absolute atomic E-state index is 0.421. The maximum absolute atomic E-state index is 12.3. The van der Waals surface area contributed by atoms with Crippen LogP contribution in [0, 0.1) is 17.0 Å². The second kappa shape index (κ2) is 3.37.